The molecule has 1 aliphatic heterocycles. The van der Waals surface area contributed by atoms with Gasteiger partial charge in [0, 0.05) is 23.1 Å². The molecule has 1 unspecified atom stereocenters. The number of carbonyl (C=O) groups is 3. The maximum absolute atomic E-state index is 12.5. The molecule has 1 atom stereocenters. The van der Waals surface area contributed by atoms with E-state index in [4.69, 9.17) is 9.47 Å². The first-order valence-corrected chi connectivity index (χ1v) is 12.1. The van der Waals surface area contributed by atoms with E-state index in [2.05, 4.69) is 11.9 Å². The van der Waals surface area contributed by atoms with Crippen LogP contribution in [0, 0.1) is 5.41 Å². The van der Waals surface area contributed by atoms with E-state index in [1.54, 1.807) is 29.4 Å². The van der Waals surface area contributed by atoms with Crippen molar-refractivity contribution in [3.8, 4) is 0 Å². The van der Waals surface area contributed by atoms with Gasteiger partial charge in [0.15, 0.2) is 15.8 Å². The molecule has 2 heterocycles. The molecular formula is C21H30N2O5S2. The highest BCUT2D eigenvalue weighted by molar-refractivity contribution is 8.01. The fourth-order valence-corrected chi connectivity index (χ4v) is 4.71. The van der Waals surface area contributed by atoms with Crippen molar-refractivity contribution in [3.63, 3.8) is 0 Å². The summed E-state index contributed by atoms with van der Waals surface area (Å²) in [6, 6.07) is -0.254. The second kappa shape index (κ2) is 11.5. The number of hydrogen-bond acceptors (Lipinski definition) is 8. The highest BCUT2D eigenvalue weighted by Gasteiger charge is 2.32. The van der Waals surface area contributed by atoms with Gasteiger partial charge in [-0.1, -0.05) is 51.5 Å². The lowest BCUT2D eigenvalue weighted by molar-refractivity contribution is -0.122. The van der Waals surface area contributed by atoms with Crippen LogP contribution in [0.2, 0.25) is 0 Å². The van der Waals surface area contributed by atoms with Gasteiger partial charge in [0.1, 0.15) is 6.61 Å². The van der Waals surface area contributed by atoms with Crippen molar-refractivity contribution >= 4 is 40.9 Å². The molecular weight excluding hydrogens is 424 g/mol. The first-order chi connectivity index (χ1) is 14.3. The topological polar surface area (TPSA) is 85.8 Å². The van der Waals surface area contributed by atoms with Crippen LogP contribution >= 0.6 is 23.1 Å². The molecule has 2 rings (SSSR count). The lowest BCUT2D eigenvalue weighted by Gasteiger charge is -2.22. The molecule has 1 amide bonds. The number of cyclic esters (lactones) is 1. The molecule has 0 aliphatic carbocycles. The molecule has 0 radical (unpaired) electrons. The van der Waals surface area contributed by atoms with Crippen LogP contribution in [0.1, 0.15) is 57.4 Å². The predicted octanol–water partition coefficient (Wildman–Crippen LogP) is 4.57. The third-order valence-electron chi connectivity index (χ3n) is 4.83. The summed E-state index contributed by atoms with van der Waals surface area (Å²) in [6.07, 6.45) is 5.89. The number of ether oxygens (including phenoxy) is 2. The second-order valence-corrected chi connectivity index (χ2v) is 9.82. The highest BCUT2D eigenvalue weighted by Crippen LogP contribution is 2.26. The van der Waals surface area contributed by atoms with Crippen LogP contribution < -0.4 is 0 Å². The molecule has 0 spiro atoms. The summed E-state index contributed by atoms with van der Waals surface area (Å²) in [5.41, 5.74) is -0.104. The highest BCUT2D eigenvalue weighted by atomic mass is 32.2. The number of ketones is 1. The van der Waals surface area contributed by atoms with Crippen LogP contribution in [0.3, 0.4) is 0 Å². The molecule has 0 aromatic carbocycles. The minimum atomic E-state index is -0.430. The van der Waals surface area contributed by atoms with Crippen LogP contribution in [0.25, 0.3) is 0 Å². The van der Waals surface area contributed by atoms with Crippen molar-refractivity contribution in [2.24, 2.45) is 5.41 Å². The van der Waals surface area contributed by atoms with Gasteiger partial charge in [0.2, 0.25) is 0 Å². The number of thioether (sulfide) groups is 1. The monoisotopic (exact) mass is 454 g/mol. The summed E-state index contributed by atoms with van der Waals surface area (Å²) >= 11 is 2.83. The number of unbranched alkanes of at least 4 members (excludes halogenated alkanes) is 1. The standard InChI is InChI=1S/C21H30N2O5S2/c1-5-7-10-21(3,4)17(24)9-8-15-13-28-20(26)23(15)11-12-29-19-22-16(14-30-19)18(25)27-6-2/h8-9,14-15H,5-7,10-13H2,1-4H3. The van der Waals surface area contributed by atoms with E-state index >= 15 is 0 Å². The number of nitrogens with zero attached hydrogens (tertiary/aromatic N) is 2. The Morgan fingerprint density at radius 2 is 2.20 bits per heavy atom. The zero-order chi connectivity index (χ0) is 22.1. The number of aromatic nitrogens is 1. The van der Waals surface area contributed by atoms with Gasteiger partial charge in [-0.05, 0) is 19.4 Å². The van der Waals surface area contributed by atoms with E-state index < -0.39 is 11.4 Å². The number of rotatable bonds is 12. The lowest BCUT2D eigenvalue weighted by atomic mass is 9.82. The largest absolute Gasteiger partial charge is 0.461 e. The van der Waals surface area contributed by atoms with Crippen LogP contribution in [0.15, 0.2) is 21.9 Å². The number of allylic oxidation sites excluding steroid dienone is 1. The van der Waals surface area contributed by atoms with Crippen LogP contribution in [0.4, 0.5) is 4.79 Å². The fourth-order valence-electron chi connectivity index (χ4n) is 2.90. The van der Waals surface area contributed by atoms with Gasteiger partial charge in [0.25, 0.3) is 0 Å². The Morgan fingerprint density at radius 1 is 1.43 bits per heavy atom. The van der Waals surface area contributed by atoms with Crippen molar-refractivity contribution in [3.05, 3.63) is 23.2 Å². The van der Waals surface area contributed by atoms with E-state index in [0.29, 0.717) is 24.6 Å². The summed E-state index contributed by atoms with van der Waals surface area (Å²) in [7, 11) is 0. The summed E-state index contributed by atoms with van der Waals surface area (Å²) in [5, 5.41) is 1.67. The molecule has 0 bridgehead atoms. The molecule has 30 heavy (non-hydrogen) atoms. The lowest BCUT2D eigenvalue weighted by Crippen LogP contribution is -2.34. The summed E-state index contributed by atoms with van der Waals surface area (Å²) in [6.45, 7) is 8.78. The van der Waals surface area contributed by atoms with E-state index in [0.717, 1.165) is 23.6 Å². The third-order valence-corrected chi connectivity index (χ3v) is 6.83. The van der Waals surface area contributed by atoms with Gasteiger partial charge in [-0.15, -0.1) is 11.3 Å². The van der Waals surface area contributed by atoms with Gasteiger partial charge < -0.3 is 9.47 Å². The predicted molar refractivity (Wildman–Crippen MR) is 118 cm³/mol. The van der Waals surface area contributed by atoms with Gasteiger partial charge in [-0.3, -0.25) is 9.69 Å². The van der Waals surface area contributed by atoms with Gasteiger partial charge in [0.05, 0.1) is 12.6 Å². The van der Waals surface area contributed by atoms with Crippen LogP contribution in [0.5, 0.6) is 0 Å². The quantitative estimate of drug-likeness (QED) is 0.260. The van der Waals surface area contributed by atoms with Crippen molar-refractivity contribution in [1.82, 2.24) is 9.88 Å². The third kappa shape index (κ3) is 6.84. The normalized spacial score (nSPS) is 16.9. The maximum Gasteiger partial charge on any atom is 0.410 e. The Morgan fingerprint density at radius 3 is 2.90 bits per heavy atom. The molecule has 1 fully saturated rings. The van der Waals surface area contributed by atoms with Gasteiger partial charge >= 0.3 is 12.1 Å². The Balaban J connectivity index is 1.88. The van der Waals surface area contributed by atoms with Crippen LogP contribution in [-0.4, -0.2) is 59.3 Å². The van der Waals surface area contributed by atoms with Crippen molar-refractivity contribution in [2.45, 2.75) is 57.3 Å². The Kier molecular flexibility index (Phi) is 9.36. The first-order valence-electron chi connectivity index (χ1n) is 10.2. The van der Waals surface area contributed by atoms with Crippen LogP contribution in [-0.2, 0) is 14.3 Å². The molecule has 7 nitrogen and oxygen atoms in total. The molecule has 0 saturated carbocycles. The Bertz CT molecular complexity index is 775. The number of thiazole rings is 1. The molecule has 9 heteroatoms. The van der Waals surface area contributed by atoms with Gasteiger partial charge in [-0.2, -0.15) is 0 Å². The van der Waals surface area contributed by atoms with Crippen molar-refractivity contribution in [2.75, 3.05) is 25.5 Å². The minimum absolute atomic E-state index is 0.0684. The molecule has 1 aromatic heterocycles. The molecule has 166 valence electrons. The molecule has 1 aliphatic rings. The number of carbonyl (C=O) groups excluding carboxylic acids is 3. The molecule has 1 aromatic rings. The van der Waals surface area contributed by atoms with E-state index in [-0.39, 0.29) is 24.5 Å². The minimum Gasteiger partial charge on any atom is -0.461 e. The zero-order valence-electron chi connectivity index (χ0n) is 18.0. The summed E-state index contributed by atoms with van der Waals surface area (Å²) in [5.74, 6) is 0.241. The molecule has 1 saturated heterocycles. The van der Waals surface area contributed by atoms with Crippen molar-refractivity contribution in [1.29, 1.82) is 0 Å². The summed E-state index contributed by atoms with van der Waals surface area (Å²) in [4.78, 5) is 42.2. The summed E-state index contributed by atoms with van der Waals surface area (Å²) < 4.78 is 10.8. The fraction of sp³-hybridized carbons (Fsp3) is 0.619. The average molecular weight is 455 g/mol. The SMILES string of the molecule is CCCCC(C)(C)C(=O)C=CC1COC(=O)N1CCSc1nc(C(=O)OCC)cs1. The zero-order valence-corrected chi connectivity index (χ0v) is 19.6. The smallest absolute Gasteiger partial charge is 0.410 e. The molecule has 0 N–H and O–H groups in total. The average Bonchev–Trinajstić information content (AvgIpc) is 3.32. The Labute approximate surface area is 186 Å². The number of amides is 1. The van der Waals surface area contributed by atoms with E-state index in [9.17, 15) is 14.4 Å². The number of hydrogen-bond donors (Lipinski definition) is 0. The van der Waals surface area contributed by atoms with Crippen molar-refractivity contribution < 1.29 is 23.9 Å². The second-order valence-electron chi connectivity index (χ2n) is 7.62. The number of esters is 1. The van der Waals surface area contributed by atoms with Gasteiger partial charge in [-0.25, -0.2) is 14.6 Å². The maximum atomic E-state index is 12.5. The van der Waals surface area contributed by atoms with E-state index in [1.807, 2.05) is 13.8 Å². The van der Waals surface area contributed by atoms with E-state index in [1.165, 1.54) is 23.1 Å². The first kappa shape index (κ1) is 24.4. The Hall–Kier alpha value is -1.87.